The molecule has 0 aliphatic carbocycles. The van der Waals surface area contributed by atoms with E-state index in [1.165, 1.54) is 18.2 Å². The van der Waals surface area contributed by atoms with Gasteiger partial charge in [0.15, 0.2) is 0 Å². The number of pyridine rings is 1. The predicted octanol–water partition coefficient (Wildman–Crippen LogP) is 6.95. The quantitative estimate of drug-likeness (QED) is 0.439. The summed E-state index contributed by atoms with van der Waals surface area (Å²) in [6.45, 7) is 2.99. The first-order chi connectivity index (χ1) is 13.1. The van der Waals surface area contributed by atoms with Crippen LogP contribution in [0.1, 0.15) is 18.4 Å². The van der Waals surface area contributed by atoms with Crippen molar-refractivity contribution < 1.29 is 0 Å². The van der Waals surface area contributed by atoms with Crippen molar-refractivity contribution in [3.05, 3.63) is 69.4 Å². The Morgan fingerprint density at radius 2 is 1.85 bits per heavy atom. The second kappa shape index (κ2) is 8.59. The molecule has 0 radical (unpaired) electrons. The van der Waals surface area contributed by atoms with Gasteiger partial charge in [0.2, 0.25) is 0 Å². The second-order valence-electron chi connectivity index (χ2n) is 6.90. The minimum atomic E-state index is 0.519. The van der Waals surface area contributed by atoms with E-state index in [9.17, 15) is 0 Å². The van der Waals surface area contributed by atoms with Gasteiger partial charge in [-0.1, -0.05) is 34.8 Å². The van der Waals surface area contributed by atoms with Crippen LogP contribution in [0.2, 0.25) is 15.1 Å². The van der Waals surface area contributed by atoms with Gasteiger partial charge < -0.3 is 0 Å². The van der Waals surface area contributed by atoms with Crippen LogP contribution in [0.15, 0.2) is 53.7 Å². The van der Waals surface area contributed by atoms with Crippen LogP contribution < -0.4 is 0 Å². The highest BCUT2D eigenvalue weighted by Crippen LogP contribution is 2.37. The SMILES string of the molecule is Clc1cc(Cl)cc(CN2CCCC(Sc3cc4ccncc4cc3Cl)C2)c1. The van der Waals surface area contributed by atoms with Gasteiger partial charge in [-0.3, -0.25) is 9.88 Å². The van der Waals surface area contributed by atoms with E-state index in [0.29, 0.717) is 15.3 Å². The fourth-order valence-corrected chi connectivity index (χ4v) is 5.74. The molecule has 1 aromatic heterocycles. The van der Waals surface area contributed by atoms with Crippen LogP contribution in [-0.2, 0) is 6.54 Å². The zero-order valence-corrected chi connectivity index (χ0v) is 17.8. The lowest BCUT2D eigenvalue weighted by Gasteiger charge is -2.32. The molecule has 2 nitrogen and oxygen atoms in total. The van der Waals surface area contributed by atoms with Crippen LogP contribution in [0.3, 0.4) is 0 Å². The number of piperidine rings is 1. The summed E-state index contributed by atoms with van der Waals surface area (Å²) in [6.07, 6.45) is 6.06. The first-order valence-electron chi connectivity index (χ1n) is 8.94. The molecule has 27 heavy (non-hydrogen) atoms. The number of rotatable bonds is 4. The van der Waals surface area contributed by atoms with E-state index in [1.54, 1.807) is 6.07 Å². The largest absolute Gasteiger partial charge is 0.298 e. The number of hydrogen-bond donors (Lipinski definition) is 0. The number of likely N-dealkylation sites (tertiary alicyclic amines) is 1. The average Bonchev–Trinajstić information content (AvgIpc) is 2.62. The lowest BCUT2D eigenvalue weighted by Crippen LogP contribution is -2.36. The van der Waals surface area contributed by atoms with Crippen molar-refractivity contribution in [2.24, 2.45) is 0 Å². The highest BCUT2D eigenvalue weighted by Gasteiger charge is 2.22. The van der Waals surface area contributed by atoms with E-state index < -0.39 is 0 Å². The zero-order chi connectivity index (χ0) is 18.8. The smallest absolute Gasteiger partial charge is 0.0548 e. The maximum Gasteiger partial charge on any atom is 0.0548 e. The van der Waals surface area contributed by atoms with Gasteiger partial charge in [0.1, 0.15) is 0 Å². The van der Waals surface area contributed by atoms with Crippen molar-refractivity contribution in [2.45, 2.75) is 29.5 Å². The summed E-state index contributed by atoms with van der Waals surface area (Å²) in [5.41, 5.74) is 1.16. The molecule has 2 heterocycles. The molecule has 2 aromatic carbocycles. The van der Waals surface area contributed by atoms with E-state index in [2.05, 4.69) is 16.0 Å². The number of aromatic nitrogens is 1. The van der Waals surface area contributed by atoms with Gasteiger partial charge in [-0.15, -0.1) is 11.8 Å². The molecule has 1 saturated heterocycles. The molecule has 0 spiro atoms. The van der Waals surface area contributed by atoms with Crippen molar-refractivity contribution >= 4 is 57.3 Å². The van der Waals surface area contributed by atoms with Crippen molar-refractivity contribution in [1.82, 2.24) is 9.88 Å². The lowest BCUT2D eigenvalue weighted by atomic mass is 10.1. The molecule has 140 valence electrons. The molecule has 3 aromatic rings. The van der Waals surface area contributed by atoms with Crippen molar-refractivity contribution in [2.75, 3.05) is 13.1 Å². The summed E-state index contributed by atoms with van der Waals surface area (Å²) >= 11 is 20.7. The number of nitrogens with zero attached hydrogens (tertiary/aromatic N) is 2. The fraction of sp³-hybridized carbons (Fsp3) is 0.286. The fourth-order valence-electron chi connectivity index (χ4n) is 3.57. The number of halogens is 3. The normalized spacial score (nSPS) is 18.1. The molecule has 0 bridgehead atoms. The standard InChI is InChI=1S/C21H19Cl3N2S/c22-17-6-14(7-18(23)10-17)12-26-5-1-2-19(13-26)27-21-9-15-3-4-25-11-16(15)8-20(21)24/h3-4,6-11,19H,1-2,5,12-13H2. The maximum absolute atomic E-state index is 6.53. The molecule has 0 N–H and O–H groups in total. The van der Waals surface area contributed by atoms with Crippen molar-refractivity contribution in [1.29, 1.82) is 0 Å². The Morgan fingerprint density at radius 1 is 1.04 bits per heavy atom. The van der Waals surface area contributed by atoms with E-state index in [-0.39, 0.29) is 0 Å². The Labute approximate surface area is 178 Å². The zero-order valence-electron chi connectivity index (χ0n) is 14.7. The van der Waals surface area contributed by atoms with Crippen molar-refractivity contribution in [3.63, 3.8) is 0 Å². The minimum Gasteiger partial charge on any atom is -0.298 e. The molecule has 1 aliphatic heterocycles. The number of hydrogen-bond acceptors (Lipinski definition) is 3. The molecule has 0 amide bonds. The van der Waals surface area contributed by atoms with E-state index >= 15 is 0 Å². The van der Waals surface area contributed by atoms with Gasteiger partial charge in [0.05, 0.1) is 5.02 Å². The Hall–Kier alpha value is -0.970. The van der Waals surface area contributed by atoms with Gasteiger partial charge in [-0.2, -0.15) is 0 Å². The molecular weight excluding hydrogens is 419 g/mol. The van der Waals surface area contributed by atoms with Gasteiger partial charge in [0, 0.05) is 51.1 Å². The monoisotopic (exact) mass is 436 g/mol. The Morgan fingerprint density at radius 3 is 2.67 bits per heavy atom. The van der Waals surface area contributed by atoms with E-state index in [0.717, 1.165) is 40.5 Å². The van der Waals surface area contributed by atoms with Crippen LogP contribution in [-0.4, -0.2) is 28.2 Å². The maximum atomic E-state index is 6.53. The molecular formula is C21H19Cl3N2S. The average molecular weight is 438 g/mol. The second-order valence-corrected chi connectivity index (χ2v) is 9.52. The predicted molar refractivity (Wildman–Crippen MR) is 117 cm³/mol. The van der Waals surface area contributed by atoms with Gasteiger partial charge in [-0.05, 0) is 66.7 Å². The third-order valence-electron chi connectivity index (χ3n) is 4.78. The first-order valence-corrected chi connectivity index (χ1v) is 11.0. The number of thioether (sulfide) groups is 1. The van der Waals surface area contributed by atoms with Gasteiger partial charge >= 0.3 is 0 Å². The third kappa shape index (κ3) is 4.90. The summed E-state index contributed by atoms with van der Waals surface area (Å²) in [7, 11) is 0. The summed E-state index contributed by atoms with van der Waals surface area (Å²) in [4.78, 5) is 7.79. The summed E-state index contributed by atoms with van der Waals surface area (Å²) in [6, 6.07) is 12.0. The first kappa shape index (κ1) is 19.4. The summed E-state index contributed by atoms with van der Waals surface area (Å²) in [5.74, 6) is 0. The summed E-state index contributed by atoms with van der Waals surface area (Å²) in [5, 5.41) is 4.97. The van der Waals surface area contributed by atoms with Crippen LogP contribution in [0.4, 0.5) is 0 Å². The third-order valence-corrected chi connectivity index (χ3v) is 6.95. The Balaban J connectivity index is 1.46. The minimum absolute atomic E-state index is 0.519. The highest BCUT2D eigenvalue weighted by molar-refractivity contribution is 8.00. The molecule has 0 saturated carbocycles. The number of fused-ring (bicyclic) bond motifs is 1. The van der Waals surface area contributed by atoms with Crippen LogP contribution in [0, 0.1) is 0 Å². The Bertz CT molecular complexity index is 943. The number of benzene rings is 2. The molecule has 1 unspecified atom stereocenters. The van der Waals surface area contributed by atoms with Gasteiger partial charge in [-0.25, -0.2) is 0 Å². The molecule has 1 aliphatic rings. The van der Waals surface area contributed by atoms with Crippen LogP contribution in [0.25, 0.3) is 10.8 Å². The van der Waals surface area contributed by atoms with Crippen molar-refractivity contribution in [3.8, 4) is 0 Å². The summed E-state index contributed by atoms with van der Waals surface area (Å²) < 4.78 is 0. The highest BCUT2D eigenvalue weighted by atomic mass is 35.5. The van der Waals surface area contributed by atoms with Crippen LogP contribution in [0.5, 0.6) is 0 Å². The molecule has 4 rings (SSSR count). The topological polar surface area (TPSA) is 16.1 Å². The van der Waals surface area contributed by atoms with E-state index in [4.69, 9.17) is 34.8 Å². The van der Waals surface area contributed by atoms with E-state index in [1.807, 2.05) is 48.4 Å². The molecule has 1 fully saturated rings. The van der Waals surface area contributed by atoms with Gasteiger partial charge in [0.25, 0.3) is 0 Å². The Kier molecular flexibility index (Phi) is 6.15. The molecule has 1 atom stereocenters. The molecule has 6 heteroatoms. The van der Waals surface area contributed by atoms with Crippen LogP contribution >= 0.6 is 46.6 Å². The lowest BCUT2D eigenvalue weighted by molar-refractivity contribution is 0.226.